The first-order chi connectivity index (χ1) is 12.7. The van der Waals surface area contributed by atoms with Crippen LogP contribution in [0.4, 0.5) is 10.1 Å². The van der Waals surface area contributed by atoms with E-state index in [0.29, 0.717) is 23.5 Å². The summed E-state index contributed by atoms with van der Waals surface area (Å²) in [5, 5.41) is 0. The van der Waals surface area contributed by atoms with Gasteiger partial charge in [0.15, 0.2) is 17.3 Å². The van der Waals surface area contributed by atoms with Crippen molar-refractivity contribution in [3.05, 3.63) is 53.8 Å². The molecule has 2 aromatic carbocycles. The highest BCUT2D eigenvalue weighted by atomic mass is 19.1. The number of benzene rings is 2. The van der Waals surface area contributed by atoms with Crippen molar-refractivity contribution in [2.24, 2.45) is 0 Å². The first kappa shape index (κ1) is 16.8. The lowest BCUT2D eigenvalue weighted by atomic mass is 10.1. The van der Waals surface area contributed by atoms with Crippen LogP contribution in [0.25, 0.3) is 0 Å². The number of halogens is 1. The Morgan fingerprint density at radius 1 is 0.962 bits per heavy atom. The molecule has 0 unspecified atom stereocenters. The van der Waals surface area contributed by atoms with E-state index in [2.05, 4.69) is 9.80 Å². The van der Waals surface area contributed by atoms with Crippen molar-refractivity contribution in [1.82, 2.24) is 4.90 Å². The molecular formula is C20H21FN2O3. The fourth-order valence-corrected chi connectivity index (χ4v) is 3.36. The Kier molecular flexibility index (Phi) is 4.75. The number of fused-ring (bicyclic) bond motifs is 1. The predicted molar refractivity (Wildman–Crippen MR) is 96.6 cm³/mol. The van der Waals surface area contributed by atoms with Crippen molar-refractivity contribution in [3.8, 4) is 11.5 Å². The Labute approximate surface area is 151 Å². The van der Waals surface area contributed by atoms with E-state index < -0.39 is 0 Å². The zero-order valence-electron chi connectivity index (χ0n) is 14.5. The zero-order valence-corrected chi connectivity index (χ0v) is 14.5. The van der Waals surface area contributed by atoms with Gasteiger partial charge in [0.1, 0.15) is 5.82 Å². The normalized spacial score (nSPS) is 16.7. The molecule has 0 aliphatic carbocycles. The molecule has 2 aromatic rings. The van der Waals surface area contributed by atoms with Crippen LogP contribution in [0.3, 0.4) is 0 Å². The summed E-state index contributed by atoms with van der Waals surface area (Å²) in [5.41, 5.74) is 1.71. The molecule has 6 heteroatoms. The van der Waals surface area contributed by atoms with Gasteiger partial charge in [-0.1, -0.05) is 0 Å². The smallest absolute Gasteiger partial charge is 0.231 e. The van der Waals surface area contributed by atoms with E-state index in [9.17, 15) is 9.18 Å². The number of ketones is 1. The second-order valence-corrected chi connectivity index (χ2v) is 6.55. The summed E-state index contributed by atoms with van der Waals surface area (Å²) in [6.07, 6.45) is 0.482. The van der Waals surface area contributed by atoms with Crippen LogP contribution in [-0.2, 0) is 0 Å². The number of hydrogen-bond donors (Lipinski definition) is 0. The number of piperazine rings is 1. The number of carbonyl (C=O) groups excluding carboxylic acids is 1. The van der Waals surface area contributed by atoms with E-state index in [-0.39, 0.29) is 18.4 Å². The first-order valence-corrected chi connectivity index (χ1v) is 8.85. The number of anilines is 1. The summed E-state index contributed by atoms with van der Waals surface area (Å²) >= 11 is 0. The zero-order chi connectivity index (χ0) is 17.9. The number of hydrogen-bond acceptors (Lipinski definition) is 5. The number of ether oxygens (including phenoxy) is 2. The fraction of sp³-hybridized carbons (Fsp3) is 0.350. The van der Waals surface area contributed by atoms with Crippen molar-refractivity contribution < 1.29 is 18.7 Å². The number of carbonyl (C=O) groups is 1. The van der Waals surface area contributed by atoms with Gasteiger partial charge in [-0.3, -0.25) is 9.69 Å². The summed E-state index contributed by atoms with van der Waals surface area (Å²) in [6, 6.07) is 12.0. The molecule has 26 heavy (non-hydrogen) atoms. The van der Waals surface area contributed by atoms with Gasteiger partial charge in [-0.2, -0.15) is 0 Å². The second kappa shape index (κ2) is 7.33. The van der Waals surface area contributed by atoms with E-state index in [4.69, 9.17) is 9.47 Å². The molecule has 0 spiro atoms. The third-order valence-electron chi connectivity index (χ3n) is 4.91. The number of nitrogens with zero attached hydrogens (tertiary/aromatic N) is 2. The van der Waals surface area contributed by atoms with Gasteiger partial charge in [-0.05, 0) is 42.5 Å². The molecule has 4 rings (SSSR count). The monoisotopic (exact) mass is 356 g/mol. The molecule has 136 valence electrons. The molecule has 1 saturated heterocycles. The summed E-state index contributed by atoms with van der Waals surface area (Å²) in [7, 11) is 0. The molecule has 2 aliphatic rings. The fourth-order valence-electron chi connectivity index (χ4n) is 3.36. The summed E-state index contributed by atoms with van der Waals surface area (Å²) in [5.74, 6) is 1.24. The van der Waals surface area contributed by atoms with Crippen LogP contribution in [0.2, 0.25) is 0 Å². The Morgan fingerprint density at radius 3 is 2.46 bits per heavy atom. The van der Waals surface area contributed by atoms with Gasteiger partial charge in [-0.15, -0.1) is 0 Å². The Bertz CT molecular complexity index is 786. The maximum Gasteiger partial charge on any atom is 0.231 e. The van der Waals surface area contributed by atoms with E-state index in [1.54, 1.807) is 18.2 Å². The largest absolute Gasteiger partial charge is 0.454 e. The van der Waals surface area contributed by atoms with Crippen molar-refractivity contribution in [2.45, 2.75) is 6.42 Å². The molecular weight excluding hydrogens is 335 g/mol. The standard InChI is InChI=1S/C20H21FN2O3/c21-16-2-4-17(5-3-16)23-11-9-22(10-12-23)8-7-18(24)15-1-6-19-20(13-15)26-14-25-19/h1-6,13H,7-12,14H2. The molecule has 0 saturated carbocycles. The summed E-state index contributed by atoms with van der Waals surface area (Å²) in [4.78, 5) is 17.0. The molecule has 0 radical (unpaired) electrons. The van der Waals surface area contributed by atoms with Gasteiger partial charge in [0, 0.05) is 50.4 Å². The van der Waals surface area contributed by atoms with Crippen LogP contribution in [-0.4, -0.2) is 50.2 Å². The number of rotatable bonds is 5. The van der Waals surface area contributed by atoms with E-state index in [1.807, 2.05) is 12.1 Å². The number of Topliss-reactive ketones (excluding diaryl/α,β-unsaturated/α-hetero) is 1. The third-order valence-corrected chi connectivity index (χ3v) is 4.91. The quantitative estimate of drug-likeness (QED) is 0.771. The van der Waals surface area contributed by atoms with Gasteiger partial charge in [0.2, 0.25) is 6.79 Å². The van der Waals surface area contributed by atoms with Crippen LogP contribution in [0.1, 0.15) is 16.8 Å². The van der Waals surface area contributed by atoms with Crippen LogP contribution in [0.5, 0.6) is 11.5 Å². The van der Waals surface area contributed by atoms with Crippen molar-refractivity contribution in [3.63, 3.8) is 0 Å². The van der Waals surface area contributed by atoms with Gasteiger partial charge >= 0.3 is 0 Å². The molecule has 0 atom stereocenters. The lowest BCUT2D eigenvalue weighted by Gasteiger charge is -2.36. The minimum absolute atomic E-state index is 0.115. The maximum atomic E-state index is 13.0. The summed E-state index contributed by atoms with van der Waals surface area (Å²) < 4.78 is 23.6. The molecule has 5 nitrogen and oxygen atoms in total. The Morgan fingerprint density at radius 2 is 1.69 bits per heavy atom. The van der Waals surface area contributed by atoms with E-state index in [1.165, 1.54) is 12.1 Å². The molecule has 0 bridgehead atoms. The van der Waals surface area contributed by atoms with Gasteiger partial charge in [0.05, 0.1) is 0 Å². The third kappa shape index (κ3) is 3.65. The lowest BCUT2D eigenvalue weighted by Crippen LogP contribution is -2.46. The average molecular weight is 356 g/mol. The molecule has 0 amide bonds. The van der Waals surface area contributed by atoms with Gasteiger partial charge in [0.25, 0.3) is 0 Å². The maximum absolute atomic E-state index is 13.0. The molecule has 2 heterocycles. The Balaban J connectivity index is 1.27. The SMILES string of the molecule is O=C(CCN1CCN(c2ccc(F)cc2)CC1)c1ccc2c(c1)OCO2. The van der Waals surface area contributed by atoms with Gasteiger partial charge < -0.3 is 14.4 Å². The van der Waals surface area contributed by atoms with Crippen LogP contribution in [0, 0.1) is 5.82 Å². The highest BCUT2D eigenvalue weighted by Crippen LogP contribution is 2.32. The molecule has 2 aliphatic heterocycles. The van der Waals surface area contributed by atoms with Crippen molar-refractivity contribution in [1.29, 1.82) is 0 Å². The van der Waals surface area contributed by atoms with Crippen molar-refractivity contribution in [2.75, 3.05) is 44.4 Å². The average Bonchev–Trinajstić information content (AvgIpc) is 3.15. The van der Waals surface area contributed by atoms with Crippen molar-refractivity contribution >= 4 is 11.5 Å². The van der Waals surface area contributed by atoms with E-state index in [0.717, 1.165) is 38.4 Å². The first-order valence-electron chi connectivity index (χ1n) is 8.85. The van der Waals surface area contributed by atoms with Crippen LogP contribution < -0.4 is 14.4 Å². The predicted octanol–water partition coefficient (Wildman–Crippen LogP) is 2.95. The van der Waals surface area contributed by atoms with Gasteiger partial charge in [-0.25, -0.2) is 4.39 Å². The highest BCUT2D eigenvalue weighted by molar-refractivity contribution is 5.96. The molecule has 1 fully saturated rings. The minimum Gasteiger partial charge on any atom is -0.454 e. The van der Waals surface area contributed by atoms with E-state index >= 15 is 0 Å². The highest BCUT2D eigenvalue weighted by Gasteiger charge is 2.20. The Hall–Kier alpha value is -2.60. The summed E-state index contributed by atoms with van der Waals surface area (Å²) in [6.45, 7) is 4.50. The van der Waals surface area contributed by atoms with Crippen LogP contribution in [0.15, 0.2) is 42.5 Å². The topological polar surface area (TPSA) is 42.0 Å². The minimum atomic E-state index is -0.214. The molecule has 0 N–H and O–H groups in total. The van der Waals surface area contributed by atoms with Crippen LogP contribution >= 0.6 is 0 Å². The second-order valence-electron chi connectivity index (χ2n) is 6.55. The molecule has 0 aromatic heterocycles. The lowest BCUT2D eigenvalue weighted by molar-refractivity contribution is 0.0962.